The highest BCUT2D eigenvalue weighted by Crippen LogP contribution is 2.40. The number of aromatic nitrogens is 1. The maximum absolute atomic E-state index is 13.4. The van der Waals surface area contributed by atoms with E-state index < -0.39 is 27.3 Å². The summed E-state index contributed by atoms with van der Waals surface area (Å²) in [4.78, 5) is 19.5. The number of carbonyl (C=O) groups is 1. The van der Waals surface area contributed by atoms with E-state index in [0.29, 0.717) is 26.8 Å². The maximum atomic E-state index is 13.4. The van der Waals surface area contributed by atoms with Crippen molar-refractivity contribution in [2.75, 3.05) is 24.9 Å². The summed E-state index contributed by atoms with van der Waals surface area (Å²) in [5.41, 5.74) is 1.41. The van der Waals surface area contributed by atoms with Gasteiger partial charge in [-0.05, 0) is 42.0 Å². The normalized spacial score (nSPS) is 11.4. The Hall–Kier alpha value is -3.50. The molecular formula is C25H23FN2O5S2. The molecule has 10 heteroatoms. The quantitative estimate of drug-likeness (QED) is 0.297. The number of sulfone groups is 1. The van der Waals surface area contributed by atoms with Crippen LogP contribution in [0.5, 0.6) is 11.5 Å². The molecule has 3 aromatic carbocycles. The van der Waals surface area contributed by atoms with E-state index in [9.17, 15) is 17.6 Å². The lowest BCUT2D eigenvalue weighted by molar-refractivity contribution is -0.118. The standard InChI is InChI=1S/C25H23FN2O5S2/c1-32-20-12-13-21(33-2)24-23(20)27-25(34-24)28(16-17-6-4-3-5-7-17)22(29)14-15-35(30,31)19-10-8-18(26)9-11-19/h3-13H,14-16H2,1-2H3. The van der Waals surface area contributed by atoms with E-state index in [2.05, 4.69) is 4.98 Å². The summed E-state index contributed by atoms with van der Waals surface area (Å²) in [5.74, 6) is -0.225. The minimum Gasteiger partial charge on any atom is -0.495 e. The van der Waals surface area contributed by atoms with Crippen LogP contribution in [0.2, 0.25) is 0 Å². The van der Waals surface area contributed by atoms with E-state index >= 15 is 0 Å². The number of methoxy groups -OCH3 is 2. The van der Waals surface area contributed by atoms with Crippen molar-refractivity contribution in [2.45, 2.75) is 17.9 Å². The van der Waals surface area contributed by atoms with Crippen LogP contribution in [-0.4, -0.2) is 39.3 Å². The zero-order valence-electron chi connectivity index (χ0n) is 19.1. The average Bonchev–Trinajstić information content (AvgIpc) is 3.31. The van der Waals surface area contributed by atoms with Crippen LogP contribution in [0.15, 0.2) is 71.6 Å². The van der Waals surface area contributed by atoms with E-state index in [0.717, 1.165) is 17.7 Å². The smallest absolute Gasteiger partial charge is 0.230 e. The molecule has 0 aliphatic heterocycles. The second-order valence-corrected chi connectivity index (χ2v) is 10.7. The number of benzene rings is 3. The average molecular weight is 515 g/mol. The number of amides is 1. The minimum absolute atomic E-state index is 0.0317. The highest BCUT2D eigenvalue weighted by Gasteiger charge is 2.25. The zero-order valence-corrected chi connectivity index (χ0v) is 20.7. The second-order valence-electron chi connectivity index (χ2n) is 7.63. The molecule has 0 aliphatic carbocycles. The summed E-state index contributed by atoms with van der Waals surface area (Å²) in [6.45, 7) is 0.209. The lowest BCUT2D eigenvalue weighted by Gasteiger charge is -2.20. The van der Waals surface area contributed by atoms with Crippen LogP contribution in [0, 0.1) is 5.82 Å². The predicted octanol–water partition coefficient (Wildman–Crippen LogP) is 4.85. The van der Waals surface area contributed by atoms with Gasteiger partial charge in [-0.15, -0.1) is 0 Å². The molecule has 0 unspecified atom stereocenters. The number of nitrogens with zero attached hydrogens (tertiary/aromatic N) is 2. The molecule has 0 saturated heterocycles. The number of hydrogen-bond acceptors (Lipinski definition) is 7. The Labute approximate surface area is 206 Å². The minimum atomic E-state index is -3.78. The SMILES string of the molecule is COc1ccc(OC)c2sc(N(Cc3ccccc3)C(=O)CCS(=O)(=O)c3ccc(F)cc3)nc12. The second kappa shape index (κ2) is 10.4. The van der Waals surface area contributed by atoms with Crippen LogP contribution in [-0.2, 0) is 21.2 Å². The van der Waals surface area contributed by atoms with Gasteiger partial charge < -0.3 is 9.47 Å². The molecule has 4 rings (SSSR count). The van der Waals surface area contributed by atoms with Gasteiger partial charge in [0.15, 0.2) is 15.0 Å². The van der Waals surface area contributed by atoms with Gasteiger partial charge in [0.25, 0.3) is 0 Å². The Morgan fingerprint density at radius 1 is 0.971 bits per heavy atom. The van der Waals surface area contributed by atoms with Crippen LogP contribution in [0.25, 0.3) is 10.2 Å². The van der Waals surface area contributed by atoms with Gasteiger partial charge >= 0.3 is 0 Å². The fourth-order valence-electron chi connectivity index (χ4n) is 3.53. The maximum Gasteiger partial charge on any atom is 0.230 e. The van der Waals surface area contributed by atoms with Crippen LogP contribution in [0.3, 0.4) is 0 Å². The van der Waals surface area contributed by atoms with Gasteiger partial charge in [0.1, 0.15) is 27.5 Å². The molecule has 7 nitrogen and oxygen atoms in total. The molecule has 35 heavy (non-hydrogen) atoms. The van der Waals surface area contributed by atoms with Gasteiger partial charge in [0.2, 0.25) is 5.91 Å². The molecule has 1 amide bonds. The van der Waals surface area contributed by atoms with E-state index in [1.165, 1.54) is 35.5 Å². The Balaban J connectivity index is 1.67. The van der Waals surface area contributed by atoms with Crippen molar-refractivity contribution in [3.8, 4) is 11.5 Å². The van der Waals surface area contributed by atoms with Crippen molar-refractivity contribution in [3.05, 3.63) is 78.1 Å². The fourth-order valence-corrected chi connectivity index (χ4v) is 5.86. The van der Waals surface area contributed by atoms with Crippen molar-refractivity contribution in [1.29, 1.82) is 0 Å². The summed E-state index contributed by atoms with van der Waals surface area (Å²) in [6.07, 6.45) is -0.267. The third kappa shape index (κ3) is 5.44. The number of ether oxygens (including phenoxy) is 2. The topological polar surface area (TPSA) is 85.8 Å². The lowest BCUT2D eigenvalue weighted by atomic mass is 10.2. The van der Waals surface area contributed by atoms with Crippen LogP contribution >= 0.6 is 11.3 Å². The highest BCUT2D eigenvalue weighted by molar-refractivity contribution is 7.91. The van der Waals surface area contributed by atoms with E-state index in [1.54, 1.807) is 19.2 Å². The first-order valence-corrected chi connectivity index (χ1v) is 13.1. The summed E-state index contributed by atoms with van der Waals surface area (Å²) >= 11 is 1.26. The zero-order chi connectivity index (χ0) is 25.0. The summed E-state index contributed by atoms with van der Waals surface area (Å²) in [5, 5.41) is 0.399. The van der Waals surface area contributed by atoms with Crippen molar-refractivity contribution in [1.82, 2.24) is 4.98 Å². The van der Waals surface area contributed by atoms with Crippen LogP contribution in [0.4, 0.5) is 9.52 Å². The third-order valence-electron chi connectivity index (χ3n) is 5.37. The molecule has 0 radical (unpaired) electrons. The Morgan fingerprint density at radius 2 is 1.63 bits per heavy atom. The van der Waals surface area contributed by atoms with Gasteiger partial charge in [-0.3, -0.25) is 9.69 Å². The number of halogens is 1. The van der Waals surface area contributed by atoms with E-state index in [-0.39, 0.29) is 17.9 Å². The molecule has 0 N–H and O–H groups in total. The molecule has 0 spiro atoms. The Morgan fingerprint density at radius 3 is 2.29 bits per heavy atom. The van der Waals surface area contributed by atoms with E-state index in [1.807, 2.05) is 30.3 Å². The number of carbonyl (C=O) groups excluding carboxylic acids is 1. The highest BCUT2D eigenvalue weighted by atomic mass is 32.2. The molecule has 0 bridgehead atoms. The number of rotatable bonds is 9. The van der Waals surface area contributed by atoms with Gasteiger partial charge in [-0.2, -0.15) is 0 Å². The first-order chi connectivity index (χ1) is 16.8. The molecular weight excluding hydrogens is 491 g/mol. The van der Waals surface area contributed by atoms with Gasteiger partial charge in [-0.25, -0.2) is 17.8 Å². The molecule has 4 aromatic rings. The first-order valence-electron chi connectivity index (χ1n) is 10.7. The summed E-state index contributed by atoms with van der Waals surface area (Å²) in [6, 6.07) is 17.4. The Kier molecular flexibility index (Phi) is 7.32. The number of fused-ring (bicyclic) bond motifs is 1. The molecule has 182 valence electrons. The van der Waals surface area contributed by atoms with Gasteiger partial charge in [0.05, 0.1) is 31.4 Å². The molecule has 1 aromatic heterocycles. The first kappa shape index (κ1) is 24.6. The summed E-state index contributed by atoms with van der Waals surface area (Å²) in [7, 11) is -0.693. The Bertz CT molecular complexity index is 1400. The lowest BCUT2D eigenvalue weighted by Crippen LogP contribution is -2.31. The van der Waals surface area contributed by atoms with Crippen LogP contribution < -0.4 is 14.4 Å². The monoisotopic (exact) mass is 514 g/mol. The van der Waals surface area contributed by atoms with Crippen molar-refractivity contribution in [2.24, 2.45) is 0 Å². The number of hydrogen-bond donors (Lipinski definition) is 0. The predicted molar refractivity (Wildman–Crippen MR) is 133 cm³/mol. The molecule has 0 saturated carbocycles. The fraction of sp³-hybridized carbons (Fsp3) is 0.200. The van der Waals surface area contributed by atoms with Crippen molar-refractivity contribution >= 4 is 42.4 Å². The van der Waals surface area contributed by atoms with Crippen LogP contribution in [0.1, 0.15) is 12.0 Å². The molecule has 1 heterocycles. The number of anilines is 1. The van der Waals surface area contributed by atoms with E-state index in [4.69, 9.17) is 9.47 Å². The number of thiazole rings is 1. The van der Waals surface area contributed by atoms with Gasteiger partial charge in [-0.1, -0.05) is 41.7 Å². The van der Waals surface area contributed by atoms with Crippen molar-refractivity contribution in [3.63, 3.8) is 0 Å². The molecule has 0 fully saturated rings. The molecule has 0 aliphatic rings. The summed E-state index contributed by atoms with van der Waals surface area (Å²) < 4.78 is 50.3. The third-order valence-corrected chi connectivity index (χ3v) is 8.20. The molecule has 0 atom stereocenters. The van der Waals surface area contributed by atoms with Gasteiger partial charge in [0, 0.05) is 6.42 Å². The largest absolute Gasteiger partial charge is 0.495 e. The van der Waals surface area contributed by atoms with Crippen molar-refractivity contribution < 1.29 is 27.1 Å².